The van der Waals surface area contributed by atoms with Gasteiger partial charge in [-0.25, -0.2) is 12.8 Å². The zero-order chi connectivity index (χ0) is 18.7. The Balaban J connectivity index is 1.64. The molecule has 1 heterocycles. The van der Waals surface area contributed by atoms with E-state index in [4.69, 9.17) is 4.42 Å². The van der Waals surface area contributed by atoms with Crippen LogP contribution in [0.3, 0.4) is 0 Å². The van der Waals surface area contributed by atoms with E-state index in [1.807, 2.05) is 6.07 Å². The first kappa shape index (κ1) is 18.1. The van der Waals surface area contributed by atoms with Gasteiger partial charge in [0.25, 0.3) is 5.91 Å². The van der Waals surface area contributed by atoms with Crippen molar-refractivity contribution in [3.8, 4) is 0 Å². The minimum atomic E-state index is -3.36. The van der Waals surface area contributed by atoms with Gasteiger partial charge in [-0.1, -0.05) is 42.5 Å². The van der Waals surface area contributed by atoms with Crippen molar-refractivity contribution >= 4 is 26.7 Å². The SMILES string of the molecule is Cc1c(C(=O)NCCS(=O)(=O)Cc2ccccc2)oc2c(F)cccc12. The summed E-state index contributed by atoms with van der Waals surface area (Å²) in [6, 6.07) is 13.3. The number of aryl methyl sites for hydroxylation is 1. The summed E-state index contributed by atoms with van der Waals surface area (Å²) in [5.74, 6) is -1.39. The van der Waals surface area contributed by atoms with Crippen molar-refractivity contribution in [2.75, 3.05) is 12.3 Å². The van der Waals surface area contributed by atoms with Gasteiger partial charge in [0.05, 0.1) is 11.5 Å². The molecule has 0 saturated heterocycles. The van der Waals surface area contributed by atoms with E-state index in [1.54, 1.807) is 37.3 Å². The lowest BCUT2D eigenvalue weighted by Crippen LogP contribution is -2.29. The minimum absolute atomic E-state index is 0.00874. The molecule has 0 radical (unpaired) electrons. The van der Waals surface area contributed by atoms with Gasteiger partial charge in [-0.2, -0.15) is 0 Å². The molecule has 136 valence electrons. The first-order chi connectivity index (χ1) is 12.4. The molecule has 26 heavy (non-hydrogen) atoms. The smallest absolute Gasteiger partial charge is 0.287 e. The molecule has 0 unspecified atom stereocenters. The van der Waals surface area contributed by atoms with Crippen molar-refractivity contribution in [3.63, 3.8) is 0 Å². The number of nitrogens with one attached hydrogen (secondary N) is 1. The molecule has 0 spiro atoms. The summed E-state index contributed by atoms with van der Waals surface area (Å²) in [5, 5.41) is 3.05. The van der Waals surface area contributed by atoms with Crippen LogP contribution in [0.1, 0.15) is 21.7 Å². The standard InChI is InChI=1S/C19H18FNO4S/c1-13-15-8-5-9-16(20)18(15)25-17(13)19(22)21-10-11-26(23,24)12-14-6-3-2-4-7-14/h2-9H,10-12H2,1H3,(H,21,22). The lowest BCUT2D eigenvalue weighted by Gasteiger charge is -2.06. The summed E-state index contributed by atoms with van der Waals surface area (Å²) in [5.41, 5.74) is 1.23. The summed E-state index contributed by atoms with van der Waals surface area (Å²) in [6.45, 7) is 1.61. The van der Waals surface area contributed by atoms with Crippen molar-refractivity contribution in [1.29, 1.82) is 0 Å². The van der Waals surface area contributed by atoms with E-state index in [9.17, 15) is 17.6 Å². The molecule has 7 heteroatoms. The Morgan fingerprint density at radius 1 is 1.12 bits per heavy atom. The molecule has 3 aromatic rings. The summed E-state index contributed by atoms with van der Waals surface area (Å²) < 4.78 is 43.4. The van der Waals surface area contributed by atoms with Gasteiger partial charge in [0, 0.05) is 17.5 Å². The van der Waals surface area contributed by atoms with Crippen LogP contribution in [0.2, 0.25) is 0 Å². The second-order valence-corrected chi connectivity index (χ2v) is 8.19. The van der Waals surface area contributed by atoms with Gasteiger partial charge in [0.2, 0.25) is 0 Å². The number of para-hydroxylation sites is 1. The third kappa shape index (κ3) is 3.94. The Bertz CT molecular complexity index is 1040. The maximum atomic E-state index is 13.8. The van der Waals surface area contributed by atoms with Crippen molar-refractivity contribution < 1.29 is 22.0 Å². The van der Waals surface area contributed by atoms with Crippen LogP contribution in [-0.4, -0.2) is 26.6 Å². The normalized spacial score (nSPS) is 11.6. The molecule has 0 fully saturated rings. The van der Waals surface area contributed by atoms with Gasteiger partial charge in [0.15, 0.2) is 27.0 Å². The molecule has 3 rings (SSSR count). The lowest BCUT2D eigenvalue weighted by molar-refractivity contribution is 0.0929. The monoisotopic (exact) mass is 375 g/mol. The third-order valence-corrected chi connectivity index (χ3v) is 5.65. The summed E-state index contributed by atoms with van der Waals surface area (Å²) in [7, 11) is -3.36. The Morgan fingerprint density at radius 3 is 2.54 bits per heavy atom. The van der Waals surface area contributed by atoms with Crippen molar-refractivity contribution in [2.24, 2.45) is 0 Å². The number of hydrogen-bond donors (Lipinski definition) is 1. The maximum Gasteiger partial charge on any atom is 0.287 e. The minimum Gasteiger partial charge on any atom is -0.448 e. The van der Waals surface area contributed by atoms with E-state index in [1.165, 1.54) is 12.1 Å². The Hall–Kier alpha value is -2.67. The summed E-state index contributed by atoms with van der Waals surface area (Å²) in [4.78, 5) is 12.3. The van der Waals surface area contributed by atoms with E-state index >= 15 is 0 Å². The number of rotatable bonds is 6. The Labute approximate surface area is 150 Å². The van der Waals surface area contributed by atoms with Crippen LogP contribution in [0, 0.1) is 12.7 Å². The van der Waals surface area contributed by atoms with Gasteiger partial charge < -0.3 is 9.73 Å². The van der Waals surface area contributed by atoms with E-state index in [-0.39, 0.29) is 29.4 Å². The number of carbonyl (C=O) groups excluding carboxylic acids is 1. The average Bonchev–Trinajstić information content (AvgIpc) is 2.94. The number of benzene rings is 2. The third-order valence-electron chi connectivity index (χ3n) is 4.05. The van der Waals surface area contributed by atoms with Crippen molar-refractivity contribution in [2.45, 2.75) is 12.7 Å². The van der Waals surface area contributed by atoms with E-state index in [2.05, 4.69) is 5.32 Å². The van der Waals surface area contributed by atoms with Crippen molar-refractivity contribution in [3.05, 3.63) is 71.2 Å². The quantitative estimate of drug-likeness (QED) is 0.718. The maximum absolute atomic E-state index is 13.8. The molecule has 0 atom stereocenters. The Morgan fingerprint density at radius 2 is 1.85 bits per heavy atom. The van der Waals surface area contributed by atoms with Crippen LogP contribution in [0.15, 0.2) is 52.9 Å². The molecule has 0 saturated carbocycles. The van der Waals surface area contributed by atoms with Crippen molar-refractivity contribution in [1.82, 2.24) is 5.32 Å². The van der Waals surface area contributed by atoms with Crippen LogP contribution in [-0.2, 0) is 15.6 Å². The van der Waals surface area contributed by atoms with Gasteiger partial charge in [-0.15, -0.1) is 0 Å². The number of hydrogen-bond acceptors (Lipinski definition) is 4. The van der Waals surface area contributed by atoms with Gasteiger partial charge in [-0.3, -0.25) is 4.79 Å². The number of halogens is 1. The second kappa shape index (κ2) is 7.29. The number of amides is 1. The highest BCUT2D eigenvalue weighted by atomic mass is 32.2. The summed E-state index contributed by atoms with van der Waals surface area (Å²) in [6.07, 6.45) is 0. The molecule has 0 aliphatic rings. The zero-order valence-electron chi connectivity index (χ0n) is 14.2. The first-order valence-corrected chi connectivity index (χ1v) is 9.90. The number of furan rings is 1. The number of sulfone groups is 1. The molecular weight excluding hydrogens is 357 g/mol. The molecule has 1 amide bonds. The predicted molar refractivity (Wildman–Crippen MR) is 97.2 cm³/mol. The Kier molecular flexibility index (Phi) is 5.08. The molecular formula is C19H18FNO4S. The van der Waals surface area contributed by atoms with E-state index in [0.29, 0.717) is 16.5 Å². The lowest BCUT2D eigenvalue weighted by atomic mass is 10.1. The fourth-order valence-electron chi connectivity index (χ4n) is 2.73. The topological polar surface area (TPSA) is 76.4 Å². The van der Waals surface area contributed by atoms with Gasteiger partial charge in [0.1, 0.15) is 0 Å². The highest BCUT2D eigenvalue weighted by molar-refractivity contribution is 7.90. The highest BCUT2D eigenvalue weighted by Crippen LogP contribution is 2.27. The molecule has 2 aromatic carbocycles. The summed E-state index contributed by atoms with van der Waals surface area (Å²) >= 11 is 0. The zero-order valence-corrected chi connectivity index (χ0v) is 15.0. The molecule has 0 aliphatic carbocycles. The fourth-order valence-corrected chi connectivity index (χ4v) is 3.98. The number of carbonyl (C=O) groups is 1. The molecule has 5 nitrogen and oxygen atoms in total. The number of fused-ring (bicyclic) bond motifs is 1. The average molecular weight is 375 g/mol. The fraction of sp³-hybridized carbons (Fsp3) is 0.211. The van der Waals surface area contributed by atoms with Crippen LogP contribution < -0.4 is 5.32 Å². The first-order valence-electron chi connectivity index (χ1n) is 8.07. The van der Waals surface area contributed by atoms with Crippen LogP contribution in [0.25, 0.3) is 11.0 Å². The van der Waals surface area contributed by atoms with Crippen LogP contribution >= 0.6 is 0 Å². The molecule has 1 aromatic heterocycles. The largest absolute Gasteiger partial charge is 0.448 e. The molecule has 0 aliphatic heterocycles. The molecule has 0 bridgehead atoms. The van der Waals surface area contributed by atoms with E-state index < -0.39 is 21.6 Å². The van der Waals surface area contributed by atoms with Crippen LogP contribution in [0.5, 0.6) is 0 Å². The highest BCUT2D eigenvalue weighted by Gasteiger charge is 2.20. The van der Waals surface area contributed by atoms with Gasteiger partial charge in [-0.05, 0) is 18.6 Å². The van der Waals surface area contributed by atoms with Crippen LogP contribution in [0.4, 0.5) is 4.39 Å². The second-order valence-electron chi connectivity index (χ2n) is 6.01. The predicted octanol–water partition coefficient (Wildman–Crippen LogP) is 3.23. The molecule has 1 N–H and O–H groups in total. The van der Waals surface area contributed by atoms with Gasteiger partial charge >= 0.3 is 0 Å². The van der Waals surface area contributed by atoms with E-state index in [0.717, 1.165) is 0 Å².